The highest BCUT2D eigenvalue weighted by Crippen LogP contribution is 2.31. The molecule has 0 saturated carbocycles. The molecule has 4 rings (SSSR count). The van der Waals surface area contributed by atoms with Crippen LogP contribution in [0.5, 0.6) is 5.75 Å². The molecule has 10 heteroatoms. The van der Waals surface area contributed by atoms with Crippen LogP contribution in [0.2, 0.25) is 0 Å². The zero-order chi connectivity index (χ0) is 24.9. The fourth-order valence-electron chi connectivity index (χ4n) is 3.39. The van der Waals surface area contributed by atoms with Crippen molar-refractivity contribution in [1.82, 2.24) is 15.0 Å². The van der Waals surface area contributed by atoms with Crippen LogP contribution >= 0.6 is 11.8 Å². The van der Waals surface area contributed by atoms with Crippen molar-refractivity contribution in [3.05, 3.63) is 83.8 Å². The number of methoxy groups -OCH3 is 1. The van der Waals surface area contributed by atoms with Crippen molar-refractivity contribution in [3.8, 4) is 17.0 Å². The third-order valence-electron chi connectivity index (χ3n) is 5.15. The van der Waals surface area contributed by atoms with E-state index in [4.69, 9.17) is 4.74 Å². The van der Waals surface area contributed by atoms with Gasteiger partial charge in [0.2, 0.25) is 11.9 Å². The molecule has 0 aliphatic heterocycles. The van der Waals surface area contributed by atoms with E-state index in [2.05, 4.69) is 25.6 Å². The number of thioether (sulfide) groups is 1. The second kappa shape index (κ2) is 10.5. The number of anilines is 3. The molecule has 0 aliphatic rings. The van der Waals surface area contributed by atoms with Crippen molar-refractivity contribution in [1.29, 1.82) is 0 Å². The number of pyridine rings is 1. The molecule has 0 bridgehead atoms. The van der Waals surface area contributed by atoms with Crippen molar-refractivity contribution in [3.63, 3.8) is 0 Å². The monoisotopic (exact) mass is 493 g/mol. The smallest absolute Gasteiger partial charge is 0.258 e. The lowest BCUT2D eigenvalue weighted by atomic mass is 10.1. The maximum atomic E-state index is 14.9. The number of nitrogens with one attached hydrogen (secondary N) is 2. The molecule has 0 fully saturated rings. The number of ether oxygens (including phenoxy) is 1. The minimum atomic E-state index is -0.737. The molecule has 0 unspecified atom stereocenters. The molecule has 35 heavy (non-hydrogen) atoms. The molecule has 0 aliphatic carbocycles. The Kier molecular flexibility index (Phi) is 7.21. The van der Waals surface area contributed by atoms with Crippen LogP contribution in [0, 0.1) is 18.7 Å². The number of para-hydroxylation sites is 1. The molecule has 1 amide bonds. The number of halogens is 2. The third-order valence-corrected chi connectivity index (χ3v) is 5.89. The first-order chi connectivity index (χ1) is 16.9. The van der Waals surface area contributed by atoms with Gasteiger partial charge in [-0.2, -0.15) is 4.39 Å². The zero-order valence-electron chi connectivity index (χ0n) is 19.1. The Labute approximate surface area is 205 Å². The Morgan fingerprint density at radius 1 is 1.09 bits per heavy atom. The molecule has 2 aromatic carbocycles. The van der Waals surface area contributed by atoms with Crippen LogP contribution in [-0.2, 0) is 0 Å². The Hall–Kier alpha value is -4.05. The third kappa shape index (κ3) is 5.22. The molecule has 0 atom stereocenters. The van der Waals surface area contributed by atoms with Gasteiger partial charge in [0.25, 0.3) is 5.91 Å². The molecular formula is C25H21F2N5O2S. The number of carbonyl (C=O) groups is 1. The van der Waals surface area contributed by atoms with Gasteiger partial charge >= 0.3 is 0 Å². The summed E-state index contributed by atoms with van der Waals surface area (Å²) in [6.07, 6.45) is 4.73. The largest absolute Gasteiger partial charge is 0.495 e. The molecular weight excluding hydrogens is 472 g/mol. The van der Waals surface area contributed by atoms with Gasteiger partial charge in [-0.25, -0.2) is 19.3 Å². The average Bonchev–Trinajstić information content (AvgIpc) is 2.85. The predicted octanol–water partition coefficient (Wildman–Crippen LogP) is 5.85. The number of aromatic nitrogens is 3. The molecule has 2 heterocycles. The van der Waals surface area contributed by atoms with Gasteiger partial charge in [0.1, 0.15) is 11.6 Å². The summed E-state index contributed by atoms with van der Waals surface area (Å²) in [5.41, 5.74) is 2.03. The lowest BCUT2D eigenvalue weighted by molar-refractivity contribution is 0.102. The molecule has 0 spiro atoms. The molecule has 0 saturated heterocycles. The van der Waals surface area contributed by atoms with Crippen LogP contribution in [0.3, 0.4) is 0 Å². The summed E-state index contributed by atoms with van der Waals surface area (Å²) in [5, 5.41) is 5.61. The molecule has 7 nitrogen and oxygen atoms in total. The highest BCUT2D eigenvalue weighted by molar-refractivity contribution is 7.98. The second-order valence-electron chi connectivity index (χ2n) is 7.38. The van der Waals surface area contributed by atoms with Crippen molar-refractivity contribution in [2.45, 2.75) is 11.8 Å². The van der Waals surface area contributed by atoms with Gasteiger partial charge in [-0.15, -0.1) is 11.8 Å². The van der Waals surface area contributed by atoms with E-state index in [0.717, 1.165) is 5.56 Å². The number of nitrogens with zero attached hydrogens (tertiary/aromatic N) is 3. The van der Waals surface area contributed by atoms with Gasteiger partial charge in [0.15, 0.2) is 0 Å². The Morgan fingerprint density at radius 2 is 1.91 bits per heavy atom. The number of hydrogen-bond donors (Lipinski definition) is 2. The maximum Gasteiger partial charge on any atom is 0.258 e. The fraction of sp³-hybridized carbons (Fsp3) is 0.120. The summed E-state index contributed by atoms with van der Waals surface area (Å²) >= 11 is 1.37. The standard InChI is InChI=1S/C25H21F2N5O2S/c1-14-6-4-8-19(34-2)21(14)31-24(33)16-10-9-15(12-18(16)26)30-25-29-13-20(35-3)22(32-25)17-7-5-11-28-23(17)27/h4-13H,1-3H3,(H,31,33)(H,29,30,32). The van der Waals surface area contributed by atoms with Crippen LogP contribution in [0.1, 0.15) is 15.9 Å². The molecule has 0 radical (unpaired) electrons. The summed E-state index contributed by atoms with van der Waals surface area (Å²) in [6.45, 7) is 1.81. The van der Waals surface area contributed by atoms with Gasteiger partial charge in [0, 0.05) is 18.1 Å². The Bertz CT molecular complexity index is 1400. The van der Waals surface area contributed by atoms with Gasteiger partial charge in [-0.3, -0.25) is 4.79 Å². The topological polar surface area (TPSA) is 89.0 Å². The van der Waals surface area contributed by atoms with Crippen molar-refractivity contribution in [2.75, 3.05) is 24.0 Å². The van der Waals surface area contributed by atoms with Crippen molar-refractivity contribution < 1.29 is 18.3 Å². The van der Waals surface area contributed by atoms with Crippen LogP contribution < -0.4 is 15.4 Å². The first-order valence-corrected chi connectivity index (χ1v) is 11.7. The molecule has 4 aromatic rings. The van der Waals surface area contributed by atoms with E-state index in [-0.39, 0.29) is 17.1 Å². The van der Waals surface area contributed by atoms with Gasteiger partial charge in [0.05, 0.1) is 34.5 Å². The van der Waals surface area contributed by atoms with Crippen LogP contribution in [0.25, 0.3) is 11.3 Å². The van der Waals surface area contributed by atoms with Crippen LogP contribution in [-0.4, -0.2) is 34.2 Å². The maximum absolute atomic E-state index is 14.9. The zero-order valence-corrected chi connectivity index (χ0v) is 19.9. The van der Waals surface area contributed by atoms with E-state index >= 15 is 0 Å². The van der Waals surface area contributed by atoms with E-state index in [1.54, 1.807) is 30.5 Å². The van der Waals surface area contributed by atoms with Crippen LogP contribution in [0.15, 0.2) is 65.8 Å². The highest BCUT2D eigenvalue weighted by Gasteiger charge is 2.17. The molecule has 178 valence electrons. The van der Waals surface area contributed by atoms with Gasteiger partial charge in [-0.1, -0.05) is 12.1 Å². The van der Waals surface area contributed by atoms with E-state index in [0.29, 0.717) is 27.7 Å². The van der Waals surface area contributed by atoms with Crippen molar-refractivity contribution >= 4 is 35.0 Å². The van der Waals surface area contributed by atoms with Gasteiger partial charge < -0.3 is 15.4 Å². The Morgan fingerprint density at radius 3 is 2.63 bits per heavy atom. The van der Waals surface area contributed by atoms with E-state index in [1.165, 1.54) is 43.3 Å². The number of hydrogen-bond acceptors (Lipinski definition) is 7. The summed E-state index contributed by atoms with van der Waals surface area (Å²) < 4.78 is 34.4. The van der Waals surface area contributed by atoms with E-state index in [9.17, 15) is 13.6 Å². The number of carbonyl (C=O) groups excluding carboxylic acids is 1. The van der Waals surface area contributed by atoms with E-state index in [1.807, 2.05) is 19.2 Å². The second-order valence-corrected chi connectivity index (χ2v) is 8.23. The number of amides is 1. The number of aryl methyl sites for hydroxylation is 1. The lowest BCUT2D eigenvalue weighted by Gasteiger charge is -2.14. The summed E-state index contributed by atoms with van der Waals surface area (Å²) in [5.74, 6) is -1.39. The SMILES string of the molecule is COc1cccc(C)c1NC(=O)c1ccc(Nc2ncc(SC)c(-c3cccnc3F)n2)cc1F. The highest BCUT2D eigenvalue weighted by atomic mass is 32.2. The quantitative estimate of drug-likeness (QED) is 0.247. The molecule has 2 N–H and O–H groups in total. The summed E-state index contributed by atoms with van der Waals surface area (Å²) in [7, 11) is 1.49. The summed E-state index contributed by atoms with van der Waals surface area (Å²) in [4.78, 5) is 25.7. The summed E-state index contributed by atoms with van der Waals surface area (Å²) in [6, 6.07) is 12.6. The minimum absolute atomic E-state index is 0.141. The molecule has 2 aromatic heterocycles. The lowest BCUT2D eigenvalue weighted by Crippen LogP contribution is -2.15. The van der Waals surface area contributed by atoms with Crippen LogP contribution in [0.4, 0.5) is 26.1 Å². The average molecular weight is 494 g/mol. The normalized spacial score (nSPS) is 10.7. The fourth-order valence-corrected chi connectivity index (χ4v) is 3.90. The number of benzene rings is 2. The predicted molar refractivity (Wildman–Crippen MR) is 132 cm³/mol. The first kappa shape index (κ1) is 24.1. The minimum Gasteiger partial charge on any atom is -0.495 e. The van der Waals surface area contributed by atoms with Crippen molar-refractivity contribution in [2.24, 2.45) is 0 Å². The Balaban J connectivity index is 1.58. The number of rotatable bonds is 7. The van der Waals surface area contributed by atoms with E-state index < -0.39 is 17.7 Å². The van der Waals surface area contributed by atoms with Gasteiger partial charge in [-0.05, 0) is 55.1 Å². The first-order valence-electron chi connectivity index (χ1n) is 10.4.